The molecule has 9 heteroatoms. The first-order chi connectivity index (χ1) is 15.6. The molecule has 0 bridgehead atoms. The van der Waals surface area contributed by atoms with Crippen molar-refractivity contribution >= 4 is 23.9 Å². The van der Waals surface area contributed by atoms with Gasteiger partial charge in [-0.25, -0.2) is 4.79 Å². The molecule has 2 heterocycles. The summed E-state index contributed by atoms with van der Waals surface area (Å²) in [6.07, 6.45) is 6.43. The van der Waals surface area contributed by atoms with Crippen LogP contribution in [-0.2, 0) is 19.1 Å². The Morgan fingerprint density at radius 1 is 0.970 bits per heavy atom. The molecule has 0 aromatic heterocycles. The van der Waals surface area contributed by atoms with Crippen LogP contribution in [0.15, 0.2) is 0 Å². The number of ether oxygens (including phenoxy) is 1. The highest BCUT2D eigenvalue weighted by Crippen LogP contribution is 2.41. The van der Waals surface area contributed by atoms with E-state index in [2.05, 4.69) is 5.32 Å². The SMILES string of the molecule is CC(C)(C)OC(=O)NC(C(=O)N1CCC2C1C(C(=O)O)CN2C(=O)C1CC1)C1CCCCC1. The molecule has 33 heavy (non-hydrogen) atoms. The minimum atomic E-state index is -0.981. The molecule has 4 aliphatic rings. The van der Waals surface area contributed by atoms with Crippen LogP contribution in [0.3, 0.4) is 0 Å². The molecular weight excluding hydrogens is 426 g/mol. The van der Waals surface area contributed by atoms with Crippen LogP contribution >= 0.6 is 0 Å². The summed E-state index contributed by atoms with van der Waals surface area (Å²) in [5.74, 6) is -2.01. The van der Waals surface area contributed by atoms with Gasteiger partial charge in [0.05, 0.1) is 18.0 Å². The van der Waals surface area contributed by atoms with E-state index in [4.69, 9.17) is 4.74 Å². The molecule has 2 N–H and O–H groups in total. The van der Waals surface area contributed by atoms with Gasteiger partial charge >= 0.3 is 12.1 Å². The van der Waals surface area contributed by atoms with E-state index >= 15 is 0 Å². The van der Waals surface area contributed by atoms with Gasteiger partial charge in [-0.3, -0.25) is 14.4 Å². The monoisotopic (exact) mass is 463 g/mol. The molecule has 2 saturated carbocycles. The second-order valence-corrected chi connectivity index (χ2v) is 11.1. The number of amides is 3. The lowest BCUT2D eigenvalue weighted by atomic mass is 9.83. The Morgan fingerprint density at radius 2 is 1.64 bits per heavy atom. The molecule has 4 rings (SSSR count). The molecule has 0 radical (unpaired) electrons. The number of carboxylic acids is 1. The fourth-order valence-electron chi connectivity index (χ4n) is 5.84. The zero-order valence-electron chi connectivity index (χ0n) is 19.9. The zero-order chi connectivity index (χ0) is 23.9. The molecule has 2 aliphatic carbocycles. The summed E-state index contributed by atoms with van der Waals surface area (Å²) in [6.45, 7) is 5.87. The lowest BCUT2D eigenvalue weighted by Gasteiger charge is -2.35. The molecule has 0 spiro atoms. The number of carbonyl (C=O) groups is 4. The number of likely N-dealkylation sites (tertiary alicyclic amines) is 2. The number of nitrogens with zero attached hydrogens (tertiary/aromatic N) is 2. The van der Waals surface area contributed by atoms with Gasteiger partial charge in [0.25, 0.3) is 0 Å². The normalized spacial score (nSPS) is 28.9. The topological polar surface area (TPSA) is 116 Å². The third-order valence-electron chi connectivity index (χ3n) is 7.50. The predicted octanol–water partition coefficient (Wildman–Crippen LogP) is 2.38. The van der Waals surface area contributed by atoms with Gasteiger partial charge in [0, 0.05) is 19.0 Å². The van der Waals surface area contributed by atoms with Crippen LogP contribution in [0.1, 0.15) is 72.1 Å². The summed E-state index contributed by atoms with van der Waals surface area (Å²) in [4.78, 5) is 54.7. The molecule has 3 amide bonds. The molecule has 0 aromatic rings. The van der Waals surface area contributed by atoms with Crippen LogP contribution in [0.5, 0.6) is 0 Å². The van der Waals surface area contributed by atoms with Crippen molar-refractivity contribution < 1.29 is 29.0 Å². The maximum Gasteiger partial charge on any atom is 0.408 e. The van der Waals surface area contributed by atoms with Crippen LogP contribution in [-0.4, -0.2) is 75.6 Å². The molecule has 2 aliphatic heterocycles. The Kier molecular flexibility index (Phi) is 6.60. The largest absolute Gasteiger partial charge is 0.481 e. The van der Waals surface area contributed by atoms with Crippen molar-refractivity contribution in [2.24, 2.45) is 17.8 Å². The molecule has 184 valence electrons. The Bertz CT molecular complexity index is 799. The van der Waals surface area contributed by atoms with Crippen LogP contribution in [0, 0.1) is 17.8 Å². The highest BCUT2D eigenvalue weighted by Gasteiger charge is 2.56. The minimum absolute atomic E-state index is 0.00627. The fourth-order valence-corrected chi connectivity index (χ4v) is 5.84. The van der Waals surface area contributed by atoms with Gasteiger partial charge in [0.2, 0.25) is 11.8 Å². The van der Waals surface area contributed by atoms with Crippen molar-refractivity contribution in [3.63, 3.8) is 0 Å². The van der Waals surface area contributed by atoms with Crippen molar-refractivity contribution in [3.8, 4) is 0 Å². The lowest BCUT2D eigenvalue weighted by molar-refractivity contribution is -0.145. The quantitative estimate of drug-likeness (QED) is 0.647. The average molecular weight is 464 g/mol. The molecule has 0 aromatic carbocycles. The van der Waals surface area contributed by atoms with Gasteiger partial charge in [0.1, 0.15) is 11.6 Å². The van der Waals surface area contributed by atoms with Gasteiger partial charge in [-0.1, -0.05) is 19.3 Å². The maximum absolute atomic E-state index is 13.8. The highest BCUT2D eigenvalue weighted by atomic mass is 16.6. The minimum Gasteiger partial charge on any atom is -0.481 e. The molecule has 9 nitrogen and oxygen atoms in total. The number of carbonyl (C=O) groups excluding carboxylic acids is 3. The van der Waals surface area contributed by atoms with E-state index in [9.17, 15) is 24.3 Å². The van der Waals surface area contributed by atoms with Gasteiger partial charge in [-0.15, -0.1) is 0 Å². The summed E-state index contributed by atoms with van der Waals surface area (Å²) < 4.78 is 5.43. The summed E-state index contributed by atoms with van der Waals surface area (Å²) in [7, 11) is 0. The Labute approximate surface area is 195 Å². The van der Waals surface area contributed by atoms with Crippen molar-refractivity contribution in [2.75, 3.05) is 13.1 Å². The molecule has 4 unspecified atom stereocenters. The Morgan fingerprint density at radius 3 is 2.21 bits per heavy atom. The summed E-state index contributed by atoms with van der Waals surface area (Å²) in [5.41, 5.74) is -0.688. The third-order valence-corrected chi connectivity index (χ3v) is 7.50. The maximum atomic E-state index is 13.8. The van der Waals surface area contributed by atoms with Crippen LogP contribution in [0.25, 0.3) is 0 Å². The number of hydrogen-bond donors (Lipinski definition) is 2. The van der Waals surface area contributed by atoms with E-state index in [0.717, 1.165) is 44.9 Å². The second kappa shape index (κ2) is 9.14. The third kappa shape index (κ3) is 5.11. The van der Waals surface area contributed by atoms with E-state index in [1.54, 1.807) is 30.6 Å². The van der Waals surface area contributed by atoms with Crippen molar-refractivity contribution in [2.45, 2.75) is 95.9 Å². The van der Waals surface area contributed by atoms with Gasteiger partial charge in [-0.2, -0.15) is 0 Å². The molecular formula is C24H37N3O6. The number of carboxylic acid groups (broad SMARTS) is 1. The first kappa shape index (κ1) is 23.8. The molecule has 4 atom stereocenters. The van der Waals surface area contributed by atoms with Crippen molar-refractivity contribution in [1.82, 2.24) is 15.1 Å². The number of rotatable bonds is 5. The smallest absolute Gasteiger partial charge is 0.408 e. The zero-order valence-corrected chi connectivity index (χ0v) is 19.9. The number of nitrogens with one attached hydrogen (secondary N) is 1. The van der Waals surface area contributed by atoms with Crippen LogP contribution in [0.2, 0.25) is 0 Å². The second-order valence-electron chi connectivity index (χ2n) is 11.1. The van der Waals surface area contributed by atoms with Gasteiger partial charge in [0.15, 0.2) is 0 Å². The average Bonchev–Trinajstić information content (AvgIpc) is 3.39. The van der Waals surface area contributed by atoms with Crippen LogP contribution in [0.4, 0.5) is 4.79 Å². The molecule has 2 saturated heterocycles. The summed E-state index contributed by atoms with van der Waals surface area (Å²) >= 11 is 0. The Hall–Kier alpha value is -2.32. The van der Waals surface area contributed by atoms with Crippen molar-refractivity contribution in [1.29, 1.82) is 0 Å². The number of fused-ring (bicyclic) bond motifs is 1. The standard InChI is InChI=1S/C24H37N3O6/c1-24(2,3)33-23(32)25-18(14-7-5-4-6-8-14)21(29)26-12-11-17-19(26)16(22(30)31)13-27(17)20(28)15-9-10-15/h14-19H,4-13H2,1-3H3,(H,25,32)(H,30,31). The predicted molar refractivity (Wildman–Crippen MR) is 119 cm³/mol. The van der Waals surface area contributed by atoms with E-state index in [1.807, 2.05) is 0 Å². The van der Waals surface area contributed by atoms with E-state index in [1.165, 1.54) is 0 Å². The highest BCUT2D eigenvalue weighted by molar-refractivity contribution is 5.88. The van der Waals surface area contributed by atoms with Gasteiger partial charge < -0.3 is 25.0 Å². The summed E-state index contributed by atoms with van der Waals surface area (Å²) in [6, 6.07) is -1.57. The van der Waals surface area contributed by atoms with Crippen molar-refractivity contribution in [3.05, 3.63) is 0 Å². The number of hydrogen-bond acceptors (Lipinski definition) is 5. The molecule has 4 fully saturated rings. The van der Waals surface area contributed by atoms with Crippen LogP contribution < -0.4 is 5.32 Å². The number of alkyl carbamates (subject to hydrolysis) is 1. The van der Waals surface area contributed by atoms with E-state index in [0.29, 0.717) is 13.0 Å². The Balaban J connectivity index is 1.55. The number of aliphatic carboxylic acids is 1. The fraction of sp³-hybridized carbons (Fsp3) is 0.833. The summed E-state index contributed by atoms with van der Waals surface area (Å²) in [5, 5.41) is 12.7. The van der Waals surface area contributed by atoms with E-state index < -0.39 is 35.7 Å². The first-order valence-corrected chi connectivity index (χ1v) is 12.4. The van der Waals surface area contributed by atoms with E-state index in [-0.39, 0.29) is 36.2 Å². The lowest BCUT2D eigenvalue weighted by Crippen LogP contribution is -2.56. The first-order valence-electron chi connectivity index (χ1n) is 12.4. The van der Waals surface area contributed by atoms with Gasteiger partial charge in [-0.05, 0) is 58.8 Å².